The van der Waals surface area contributed by atoms with Gasteiger partial charge in [-0.2, -0.15) is 18.3 Å². The van der Waals surface area contributed by atoms with Gasteiger partial charge in [0.2, 0.25) is 11.5 Å². The van der Waals surface area contributed by atoms with Crippen LogP contribution in [-0.4, -0.2) is 51.0 Å². The van der Waals surface area contributed by atoms with Gasteiger partial charge in [0, 0.05) is 11.1 Å². The lowest BCUT2D eigenvalue weighted by Crippen LogP contribution is -2.52. The molecule has 0 saturated carbocycles. The van der Waals surface area contributed by atoms with Gasteiger partial charge < -0.3 is 20.9 Å². The first-order valence-corrected chi connectivity index (χ1v) is 12.7. The summed E-state index contributed by atoms with van der Waals surface area (Å²) in [5, 5.41) is 17.5. The minimum atomic E-state index is -5.34. The van der Waals surface area contributed by atoms with Gasteiger partial charge in [-0.1, -0.05) is 18.2 Å². The van der Waals surface area contributed by atoms with Crippen LogP contribution in [0.3, 0.4) is 0 Å². The highest BCUT2D eigenvalue weighted by atomic mass is 19.4. The lowest BCUT2D eigenvalue weighted by Gasteiger charge is -2.31. The number of carbonyl (C=O) groups is 2. The number of amides is 2. The largest absolute Gasteiger partial charge is 0.489 e. The Balaban J connectivity index is 1.56. The van der Waals surface area contributed by atoms with Crippen molar-refractivity contribution in [1.82, 2.24) is 20.1 Å². The van der Waals surface area contributed by atoms with E-state index in [2.05, 4.69) is 15.4 Å². The number of nitrogens with one attached hydrogen (secondary N) is 1. The fraction of sp³-hybridized carbons (Fsp3) is 0.241. The number of halogens is 4. The van der Waals surface area contributed by atoms with E-state index in [0.29, 0.717) is 11.4 Å². The summed E-state index contributed by atoms with van der Waals surface area (Å²) in [7, 11) is 0. The van der Waals surface area contributed by atoms with E-state index in [-0.39, 0.29) is 34.7 Å². The van der Waals surface area contributed by atoms with Gasteiger partial charge in [0.1, 0.15) is 29.3 Å². The molecular weight excluding hydrogens is 558 g/mol. The third-order valence-corrected chi connectivity index (χ3v) is 7.39. The zero-order chi connectivity index (χ0) is 30.4. The van der Waals surface area contributed by atoms with E-state index in [1.165, 1.54) is 29.9 Å². The molecule has 2 aromatic heterocycles. The van der Waals surface area contributed by atoms with Gasteiger partial charge in [-0.05, 0) is 56.3 Å². The summed E-state index contributed by atoms with van der Waals surface area (Å²) in [6.07, 6.45) is -4.13. The molecule has 0 fully saturated rings. The number of benzene rings is 2. The van der Waals surface area contributed by atoms with E-state index in [1.807, 2.05) is 0 Å². The molecule has 42 heavy (non-hydrogen) atoms. The molecule has 4 N–H and O–H groups in total. The number of primary amides is 1. The lowest BCUT2D eigenvalue weighted by atomic mass is 9.81. The molecule has 1 aliphatic rings. The summed E-state index contributed by atoms with van der Waals surface area (Å²) in [6, 6.07) is 14.4. The van der Waals surface area contributed by atoms with Gasteiger partial charge in [-0.15, -0.1) is 0 Å². The highest BCUT2D eigenvalue weighted by Gasteiger charge is 2.57. The van der Waals surface area contributed by atoms with Gasteiger partial charge in [0.25, 0.3) is 5.91 Å². The van der Waals surface area contributed by atoms with Crippen molar-refractivity contribution in [2.75, 3.05) is 13.2 Å². The van der Waals surface area contributed by atoms with Crippen LogP contribution < -0.4 is 15.8 Å². The van der Waals surface area contributed by atoms with Gasteiger partial charge in [-0.25, -0.2) is 14.1 Å². The number of aromatic nitrogens is 3. The van der Waals surface area contributed by atoms with Gasteiger partial charge in [0.15, 0.2) is 0 Å². The lowest BCUT2D eigenvalue weighted by molar-refractivity contribution is -0.265. The summed E-state index contributed by atoms with van der Waals surface area (Å²) >= 11 is 0. The summed E-state index contributed by atoms with van der Waals surface area (Å²) in [5.74, 6) is -2.42. The number of hydrogen-bond donors (Lipinski definition) is 3. The number of aliphatic hydroxyl groups is 1. The van der Waals surface area contributed by atoms with Crippen LogP contribution in [0.4, 0.5) is 17.6 Å². The number of carbonyl (C=O) groups excluding carboxylic acids is 2. The van der Waals surface area contributed by atoms with E-state index < -0.39 is 47.1 Å². The number of nitrogens with two attached hydrogens (primary N) is 1. The van der Waals surface area contributed by atoms with Crippen LogP contribution in [-0.2, 0) is 15.8 Å². The molecule has 2 amide bonds. The van der Waals surface area contributed by atoms with Crippen molar-refractivity contribution in [2.24, 2.45) is 5.73 Å². The second-order valence-corrected chi connectivity index (χ2v) is 10.2. The molecule has 3 heterocycles. The summed E-state index contributed by atoms with van der Waals surface area (Å²) in [5.41, 5.74) is 0.358. The molecule has 0 bridgehead atoms. The SMILES string of the molecule is Cc1c(C(=O)NC[C@](O)(c2cc3c(c(-c4ccc(F)cc4)n2)OC[C@]3(C)C(N)=O)C(F)(F)F)cnn1-c1ccccc1. The molecule has 2 atom stereocenters. The van der Waals surface area contributed by atoms with Crippen molar-refractivity contribution in [3.05, 3.63) is 95.2 Å². The quantitative estimate of drug-likeness (QED) is 0.285. The topological polar surface area (TPSA) is 132 Å². The molecule has 1 aliphatic heterocycles. The van der Waals surface area contributed by atoms with E-state index in [0.717, 1.165) is 18.2 Å². The Kier molecular flexibility index (Phi) is 7.01. The standard InChI is InChI=1S/C29H25F4N5O4/c1-16-20(13-36-38(16)19-6-4-3-5-7-19)25(39)35-14-28(41,29(31,32)33)22-12-21-24(42-15-27(21,2)26(34)40)23(37-22)17-8-10-18(30)11-9-17/h3-13,41H,14-15H2,1-2H3,(H2,34,40)(H,35,39)/t27-,28-/m0/s1. The monoisotopic (exact) mass is 583 g/mol. The first-order valence-electron chi connectivity index (χ1n) is 12.7. The number of fused-ring (bicyclic) bond motifs is 1. The number of para-hydroxylation sites is 1. The molecule has 0 radical (unpaired) electrons. The molecule has 0 spiro atoms. The Morgan fingerprint density at radius 3 is 2.43 bits per heavy atom. The zero-order valence-electron chi connectivity index (χ0n) is 22.4. The van der Waals surface area contributed by atoms with Crippen LogP contribution in [0.15, 0.2) is 66.9 Å². The fourth-order valence-electron chi connectivity index (χ4n) is 4.70. The first kappa shape index (κ1) is 28.7. The van der Waals surface area contributed by atoms with Crippen LogP contribution >= 0.6 is 0 Å². The number of ether oxygens (including phenoxy) is 1. The minimum Gasteiger partial charge on any atom is -0.489 e. The van der Waals surface area contributed by atoms with E-state index in [9.17, 15) is 32.3 Å². The zero-order valence-corrected chi connectivity index (χ0v) is 22.4. The van der Waals surface area contributed by atoms with E-state index >= 15 is 0 Å². The van der Waals surface area contributed by atoms with Crippen LogP contribution in [0, 0.1) is 12.7 Å². The highest BCUT2D eigenvalue weighted by molar-refractivity contribution is 5.95. The number of nitrogens with zero attached hydrogens (tertiary/aromatic N) is 3. The predicted octanol–water partition coefficient (Wildman–Crippen LogP) is 3.70. The molecule has 2 aromatic carbocycles. The third kappa shape index (κ3) is 4.75. The Morgan fingerprint density at radius 2 is 1.81 bits per heavy atom. The van der Waals surface area contributed by atoms with Gasteiger partial charge in [-0.3, -0.25) is 9.59 Å². The van der Waals surface area contributed by atoms with Crippen LogP contribution in [0.2, 0.25) is 0 Å². The van der Waals surface area contributed by atoms with Crippen LogP contribution in [0.5, 0.6) is 5.75 Å². The number of alkyl halides is 3. The van der Waals surface area contributed by atoms with E-state index in [4.69, 9.17) is 10.5 Å². The maximum atomic E-state index is 14.6. The van der Waals surface area contributed by atoms with Crippen LogP contribution in [0.1, 0.15) is 34.2 Å². The average molecular weight is 584 g/mol. The van der Waals surface area contributed by atoms with Crippen molar-refractivity contribution >= 4 is 11.8 Å². The predicted molar refractivity (Wildman–Crippen MR) is 142 cm³/mol. The van der Waals surface area contributed by atoms with Crippen LogP contribution in [0.25, 0.3) is 16.9 Å². The molecule has 218 valence electrons. The molecule has 0 unspecified atom stereocenters. The smallest absolute Gasteiger partial charge is 0.424 e. The van der Waals surface area contributed by atoms with Crippen molar-refractivity contribution in [2.45, 2.75) is 31.0 Å². The second-order valence-electron chi connectivity index (χ2n) is 10.2. The van der Waals surface area contributed by atoms with Crippen molar-refractivity contribution < 1.29 is 37.0 Å². The summed E-state index contributed by atoms with van der Waals surface area (Å²) < 4.78 is 64.6. The molecular formula is C29H25F4N5O4. The first-order chi connectivity index (χ1) is 19.8. The molecule has 4 aromatic rings. The van der Waals surface area contributed by atoms with Crippen molar-refractivity contribution in [3.63, 3.8) is 0 Å². The third-order valence-electron chi connectivity index (χ3n) is 7.39. The normalized spacial score (nSPS) is 17.7. The Labute approximate surface area is 236 Å². The number of pyridine rings is 1. The number of hydrogen-bond acceptors (Lipinski definition) is 6. The molecule has 9 nitrogen and oxygen atoms in total. The Bertz CT molecular complexity index is 1670. The minimum absolute atomic E-state index is 0.00741. The van der Waals surface area contributed by atoms with Gasteiger partial charge in [0.05, 0.1) is 35.4 Å². The maximum absolute atomic E-state index is 14.6. The Morgan fingerprint density at radius 1 is 1.14 bits per heavy atom. The maximum Gasteiger partial charge on any atom is 0.424 e. The summed E-state index contributed by atoms with van der Waals surface area (Å²) in [6.45, 7) is 1.35. The molecule has 0 saturated heterocycles. The number of rotatable bonds is 7. The van der Waals surface area contributed by atoms with Crippen molar-refractivity contribution in [1.29, 1.82) is 0 Å². The fourth-order valence-corrected chi connectivity index (χ4v) is 4.70. The van der Waals surface area contributed by atoms with Crippen molar-refractivity contribution in [3.8, 4) is 22.7 Å². The molecule has 0 aliphatic carbocycles. The highest BCUT2D eigenvalue weighted by Crippen LogP contribution is 2.47. The second kappa shape index (κ2) is 10.2. The average Bonchev–Trinajstić information content (AvgIpc) is 3.52. The Hall–Kier alpha value is -4.78. The molecule has 13 heteroatoms. The van der Waals surface area contributed by atoms with Gasteiger partial charge >= 0.3 is 6.18 Å². The van der Waals surface area contributed by atoms with E-state index in [1.54, 1.807) is 37.3 Å². The molecule has 5 rings (SSSR count). The summed E-state index contributed by atoms with van der Waals surface area (Å²) in [4.78, 5) is 29.5.